The summed E-state index contributed by atoms with van der Waals surface area (Å²) in [6.45, 7) is 2.31. The summed E-state index contributed by atoms with van der Waals surface area (Å²) in [7, 11) is 0. The molecule has 2 N–H and O–H groups in total. The Morgan fingerprint density at radius 2 is 1.94 bits per heavy atom. The van der Waals surface area contributed by atoms with Gasteiger partial charge in [0.15, 0.2) is 0 Å². The third-order valence-electron chi connectivity index (χ3n) is 4.27. The van der Waals surface area contributed by atoms with Gasteiger partial charge in [-0.2, -0.15) is 0 Å². The summed E-state index contributed by atoms with van der Waals surface area (Å²) in [4.78, 5) is 2.62. The van der Waals surface area contributed by atoms with E-state index in [9.17, 15) is 0 Å². The van der Waals surface area contributed by atoms with Gasteiger partial charge in [0, 0.05) is 18.6 Å². The van der Waals surface area contributed by atoms with Gasteiger partial charge in [-0.3, -0.25) is 4.90 Å². The molecule has 1 aliphatic heterocycles. The second-order valence-corrected chi connectivity index (χ2v) is 5.50. The highest BCUT2D eigenvalue weighted by atomic mass is 35.5. The van der Waals surface area contributed by atoms with Crippen LogP contribution in [0.1, 0.15) is 42.9 Å². The molecular weight excluding hydrogens is 244 g/mol. The van der Waals surface area contributed by atoms with Crippen LogP contribution in [-0.4, -0.2) is 24.0 Å². The first-order valence-electron chi connectivity index (χ1n) is 6.92. The van der Waals surface area contributed by atoms with Crippen molar-refractivity contribution in [3.05, 3.63) is 35.4 Å². The van der Waals surface area contributed by atoms with E-state index in [1.54, 1.807) is 11.1 Å². The first kappa shape index (κ1) is 13.9. The maximum atomic E-state index is 6.11. The molecule has 2 nitrogen and oxygen atoms in total. The maximum absolute atomic E-state index is 6.11. The topological polar surface area (TPSA) is 29.3 Å². The molecular formula is C15H23ClN2. The first-order chi connectivity index (χ1) is 8.34. The largest absolute Gasteiger partial charge is 0.327 e. The van der Waals surface area contributed by atoms with Gasteiger partial charge in [-0.25, -0.2) is 0 Å². The Hall–Kier alpha value is -0.570. The number of hydrogen-bond donors (Lipinski definition) is 1. The molecule has 0 saturated carbocycles. The number of halogens is 1. The van der Waals surface area contributed by atoms with E-state index in [4.69, 9.17) is 5.73 Å². The number of piperidine rings is 1. The van der Waals surface area contributed by atoms with E-state index in [2.05, 4.69) is 29.2 Å². The van der Waals surface area contributed by atoms with Crippen LogP contribution in [-0.2, 0) is 6.42 Å². The average molecular weight is 267 g/mol. The number of aryl methyl sites for hydroxylation is 1. The van der Waals surface area contributed by atoms with Gasteiger partial charge >= 0.3 is 0 Å². The standard InChI is InChI=1S/C15H22N2.ClH/c16-13-7-4-10-17(11-13)15-9-3-6-12-5-1-2-8-14(12)15;/h1-2,5,8,13,15H,3-4,6-7,9-11,16H2;1H. The van der Waals surface area contributed by atoms with Crippen LogP contribution in [0, 0.1) is 0 Å². The second-order valence-electron chi connectivity index (χ2n) is 5.50. The van der Waals surface area contributed by atoms with Crippen LogP contribution in [0.25, 0.3) is 0 Å². The minimum absolute atomic E-state index is 0. The second kappa shape index (κ2) is 6.05. The van der Waals surface area contributed by atoms with E-state index in [0.29, 0.717) is 12.1 Å². The van der Waals surface area contributed by atoms with Gasteiger partial charge < -0.3 is 5.73 Å². The fourth-order valence-corrected chi connectivity index (χ4v) is 3.43. The zero-order valence-corrected chi connectivity index (χ0v) is 11.7. The van der Waals surface area contributed by atoms with Crippen LogP contribution < -0.4 is 5.73 Å². The zero-order chi connectivity index (χ0) is 11.7. The molecule has 0 spiro atoms. The van der Waals surface area contributed by atoms with Crippen molar-refractivity contribution in [2.75, 3.05) is 13.1 Å². The molecule has 1 fully saturated rings. The maximum Gasteiger partial charge on any atom is 0.0351 e. The monoisotopic (exact) mass is 266 g/mol. The molecule has 1 saturated heterocycles. The third kappa shape index (κ3) is 2.71. The number of rotatable bonds is 1. The van der Waals surface area contributed by atoms with Crippen molar-refractivity contribution in [2.45, 2.75) is 44.2 Å². The van der Waals surface area contributed by atoms with Crippen molar-refractivity contribution < 1.29 is 0 Å². The molecule has 3 rings (SSSR count). The SMILES string of the molecule is Cl.NC1CCCN(C2CCCc3ccccc32)C1. The molecule has 2 aliphatic rings. The van der Waals surface area contributed by atoms with Crippen LogP contribution >= 0.6 is 12.4 Å². The summed E-state index contributed by atoms with van der Waals surface area (Å²) in [5, 5.41) is 0. The van der Waals surface area contributed by atoms with Crippen LogP contribution in [0.5, 0.6) is 0 Å². The molecule has 3 heteroatoms. The molecule has 0 radical (unpaired) electrons. The number of nitrogens with two attached hydrogens (primary N) is 1. The third-order valence-corrected chi connectivity index (χ3v) is 4.27. The molecule has 2 unspecified atom stereocenters. The van der Waals surface area contributed by atoms with Gasteiger partial charge in [-0.1, -0.05) is 24.3 Å². The minimum atomic E-state index is 0. The Kier molecular flexibility index (Phi) is 4.66. The van der Waals surface area contributed by atoms with E-state index in [0.717, 1.165) is 6.54 Å². The zero-order valence-electron chi connectivity index (χ0n) is 10.8. The predicted octanol–water partition coefficient (Wildman–Crippen LogP) is 2.91. The fourth-order valence-electron chi connectivity index (χ4n) is 3.43. The van der Waals surface area contributed by atoms with Gasteiger partial charge in [0.1, 0.15) is 0 Å². The van der Waals surface area contributed by atoms with E-state index >= 15 is 0 Å². The molecule has 1 aliphatic carbocycles. The molecule has 18 heavy (non-hydrogen) atoms. The Morgan fingerprint density at radius 3 is 2.78 bits per heavy atom. The molecule has 1 heterocycles. The highest BCUT2D eigenvalue weighted by Gasteiger charge is 2.28. The average Bonchev–Trinajstić information content (AvgIpc) is 2.38. The van der Waals surface area contributed by atoms with Crippen LogP contribution in [0.15, 0.2) is 24.3 Å². The molecule has 100 valence electrons. The number of benzene rings is 1. The number of fused-ring (bicyclic) bond motifs is 1. The van der Waals surface area contributed by atoms with Crippen molar-refractivity contribution >= 4 is 12.4 Å². The summed E-state index contributed by atoms with van der Waals surface area (Å²) < 4.78 is 0. The molecule has 0 amide bonds. The van der Waals surface area contributed by atoms with Gasteiger partial charge in [-0.15, -0.1) is 12.4 Å². The Labute approximate surface area is 116 Å². The first-order valence-corrected chi connectivity index (χ1v) is 6.92. The molecule has 2 atom stereocenters. The summed E-state index contributed by atoms with van der Waals surface area (Å²) in [5.41, 5.74) is 9.23. The fraction of sp³-hybridized carbons (Fsp3) is 0.600. The van der Waals surface area contributed by atoms with Crippen molar-refractivity contribution in [3.63, 3.8) is 0 Å². The van der Waals surface area contributed by atoms with Gasteiger partial charge in [0.25, 0.3) is 0 Å². The quantitative estimate of drug-likeness (QED) is 0.847. The van der Waals surface area contributed by atoms with Gasteiger partial charge in [0.2, 0.25) is 0 Å². The van der Waals surface area contributed by atoms with E-state index in [1.807, 2.05) is 0 Å². The predicted molar refractivity (Wildman–Crippen MR) is 78.2 cm³/mol. The molecule has 1 aromatic carbocycles. The van der Waals surface area contributed by atoms with Crippen LogP contribution in [0.4, 0.5) is 0 Å². The lowest BCUT2D eigenvalue weighted by Gasteiger charge is -2.40. The van der Waals surface area contributed by atoms with Gasteiger partial charge in [0.05, 0.1) is 0 Å². The van der Waals surface area contributed by atoms with Crippen molar-refractivity contribution in [1.29, 1.82) is 0 Å². The Balaban J connectivity index is 0.00000120. The molecule has 0 bridgehead atoms. The summed E-state index contributed by atoms with van der Waals surface area (Å²) in [6.07, 6.45) is 6.36. The van der Waals surface area contributed by atoms with E-state index < -0.39 is 0 Å². The van der Waals surface area contributed by atoms with Crippen LogP contribution in [0.2, 0.25) is 0 Å². The molecule has 0 aromatic heterocycles. The number of likely N-dealkylation sites (tertiary alicyclic amines) is 1. The lowest BCUT2D eigenvalue weighted by Crippen LogP contribution is -2.45. The minimum Gasteiger partial charge on any atom is -0.327 e. The normalized spacial score (nSPS) is 28.3. The number of nitrogens with zero attached hydrogens (tertiary/aromatic N) is 1. The van der Waals surface area contributed by atoms with Gasteiger partial charge in [-0.05, 0) is 49.8 Å². The van der Waals surface area contributed by atoms with E-state index in [-0.39, 0.29) is 12.4 Å². The Morgan fingerprint density at radius 1 is 1.11 bits per heavy atom. The van der Waals surface area contributed by atoms with Crippen molar-refractivity contribution in [3.8, 4) is 0 Å². The lowest BCUT2D eigenvalue weighted by atomic mass is 9.86. The lowest BCUT2D eigenvalue weighted by molar-refractivity contribution is 0.136. The van der Waals surface area contributed by atoms with Crippen LogP contribution in [0.3, 0.4) is 0 Å². The van der Waals surface area contributed by atoms with E-state index in [1.165, 1.54) is 38.6 Å². The summed E-state index contributed by atoms with van der Waals surface area (Å²) in [5.74, 6) is 0. The smallest absolute Gasteiger partial charge is 0.0351 e. The molecule has 1 aromatic rings. The Bertz CT molecular complexity index is 394. The number of hydrogen-bond acceptors (Lipinski definition) is 2. The summed E-state index contributed by atoms with van der Waals surface area (Å²) >= 11 is 0. The highest BCUT2D eigenvalue weighted by molar-refractivity contribution is 5.85. The summed E-state index contributed by atoms with van der Waals surface area (Å²) in [6, 6.07) is 9.98. The highest BCUT2D eigenvalue weighted by Crippen LogP contribution is 2.35. The van der Waals surface area contributed by atoms with Crippen molar-refractivity contribution in [2.24, 2.45) is 5.73 Å². The van der Waals surface area contributed by atoms with Crippen molar-refractivity contribution in [1.82, 2.24) is 4.90 Å².